The minimum atomic E-state index is -0.523. The molecule has 0 bridgehead atoms. The lowest BCUT2D eigenvalue weighted by atomic mass is 10.1. The first kappa shape index (κ1) is 20.4. The molecule has 0 saturated carbocycles. The molecule has 1 aliphatic carbocycles. The molecule has 2 aromatic heterocycles. The summed E-state index contributed by atoms with van der Waals surface area (Å²) in [4.78, 5) is 41.6. The molecule has 2 heterocycles. The number of thiophene rings is 1. The van der Waals surface area contributed by atoms with Gasteiger partial charge < -0.3 is 0 Å². The van der Waals surface area contributed by atoms with E-state index in [0.29, 0.717) is 26.5 Å². The minimum Gasteiger partial charge on any atom is -0.292 e. The SMILES string of the molecule is O=C(Cn1c(=O)n(-c2ccc(Cl)cc2)c(=O)c2c3c(sc21)CCC3)c1ccc(Br)cc1. The second-order valence-corrected chi connectivity index (χ2v) is 9.89. The van der Waals surface area contributed by atoms with Crippen molar-refractivity contribution in [1.82, 2.24) is 9.13 Å². The highest BCUT2D eigenvalue weighted by Crippen LogP contribution is 2.35. The van der Waals surface area contributed by atoms with Gasteiger partial charge in [-0.1, -0.05) is 39.7 Å². The molecule has 0 atom stereocenters. The lowest BCUT2D eigenvalue weighted by Crippen LogP contribution is -2.39. The molecule has 0 N–H and O–H groups in total. The Morgan fingerprint density at radius 2 is 1.74 bits per heavy atom. The van der Waals surface area contributed by atoms with Crippen LogP contribution in [0.3, 0.4) is 0 Å². The quantitative estimate of drug-likeness (QED) is 0.359. The monoisotopic (exact) mass is 514 g/mol. The summed E-state index contributed by atoms with van der Waals surface area (Å²) >= 11 is 10.8. The van der Waals surface area contributed by atoms with Crippen molar-refractivity contribution in [2.24, 2.45) is 0 Å². The average Bonchev–Trinajstić information content (AvgIpc) is 3.34. The average molecular weight is 516 g/mol. The van der Waals surface area contributed by atoms with Gasteiger partial charge in [0.25, 0.3) is 5.56 Å². The van der Waals surface area contributed by atoms with Gasteiger partial charge in [0.1, 0.15) is 4.83 Å². The molecule has 1 aliphatic rings. The number of hydrogen-bond acceptors (Lipinski definition) is 4. The maximum atomic E-state index is 13.5. The number of nitrogens with zero attached hydrogens (tertiary/aromatic N) is 2. The molecule has 0 fully saturated rings. The van der Waals surface area contributed by atoms with E-state index in [9.17, 15) is 14.4 Å². The number of fused-ring (bicyclic) bond motifs is 3. The maximum Gasteiger partial charge on any atom is 0.337 e. The smallest absolute Gasteiger partial charge is 0.292 e. The fraction of sp³-hybridized carbons (Fsp3) is 0.174. The molecule has 8 heteroatoms. The molecule has 31 heavy (non-hydrogen) atoms. The Kier molecular flexibility index (Phi) is 5.20. The van der Waals surface area contributed by atoms with Gasteiger partial charge in [0.05, 0.1) is 17.6 Å². The van der Waals surface area contributed by atoms with Gasteiger partial charge >= 0.3 is 5.69 Å². The minimum absolute atomic E-state index is 0.135. The Bertz CT molecular complexity index is 1450. The van der Waals surface area contributed by atoms with E-state index in [0.717, 1.165) is 38.7 Å². The summed E-state index contributed by atoms with van der Waals surface area (Å²) in [6.07, 6.45) is 2.70. The largest absolute Gasteiger partial charge is 0.337 e. The first-order chi connectivity index (χ1) is 14.9. The number of halogens is 2. The highest BCUT2D eigenvalue weighted by Gasteiger charge is 2.26. The van der Waals surface area contributed by atoms with E-state index in [1.807, 2.05) is 0 Å². The van der Waals surface area contributed by atoms with Crippen molar-refractivity contribution in [2.75, 3.05) is 0 Å². The molecule has 0 spiro atoms. The van der Waals surface area contributed by atoms with Crippen LogP contribution >= 0.6 is 38.9 Å². The number of rotatable bonds is 4. The van der Waals surface area contributed by atoms with Crippen LogP contribution in [0, 0.1) is 0 Å². The van der Waals surface area contributed by atoms with Gasteiger partial charge in [0.15, 0.2) is 5.78 Å². The van der Waals surface area contributed by atoms with Crippen LogP contribution in [-0.2, 0) is 19.4 Å². The Morgan fingerprint density at radius 3 is 2.45 bits per heavy atom. The Hall–Kier alpha value is -2.48. The van der Waals surface area contributed by atoms with Crippen LogP contribution in [0.1, 0.15) is 27.2 Å². The van der Waals surface area contributed by atoms with Gasteiger partial charge in [-0.05, 0) is 61.2 Å². The third kappa shape index (κ3) is 3.50. The molecule has 0 aliphatic heterocycles. The summed E-state index contributed by atoms with van der Waals surface area (Å²) in [5, 5.41) is 1.07. The topological polar surface area (TPSA) is 61.1 Å². The van der Waals surface area contributed by atoms with E-state index in [1.54, 1.807) is 48.5 Å². The first-order valence-electron chi connectivity index (χ1n) is 9.79. The van der Waals surface area contributed by atoms with Crippen LogP contribution in [0.4, 0.5) is 0 Å². The first-order valence-corrected chi connectivity index (χ1v) is 11.8. The molecule has 0 radical (unpaired) electrons. The van der Waals surface area contributed by atoms with Crippen molar-refractivity contribution in [3.63, 3.8) is 0 Å². The second kappa shape index (κ2) is 7.89. The summed E-state index contributed by atoms with van der Waals surface area (Å²) in [5.74, 6) is -0.189. The molecule has 5 nitrogen and oxygen atoms in total. The normalized spacial score (nSPS) is 13.0. The zero-order valence-corrected chi connectivity index (χ0v) is 19.4. The number of benzene rings is 2. The van der Waals surface area contributed by atoms with Crippen molar-refractivity contribution in [2.45, 2.75) is 25.8 Å². The molecule has 2 aromatic carbocycles. The second-order valence-electron chi connectivity index (χ2n) is 7.45. The van der Waals surface area contributed by atoms with Gasteiger partial charge in [0, 0.05) is 19.9 Å². The van der Waals surface area contributed by atoms with Crippen LogP contribution in [0.2, 0.25) is 5.02 Å². The van der Waals surface area contributed by atoms with Gasteiger partial charge in [-0.25, -0.2) is 9.36 Å². The number of carbonyl (C=O) groups is 1. The summed E-state index contributed by atoms with van der Waals surface area (Å²) in [6, 6.07) is 13.6. The van der Waals surface area contributed by atoms with Crippen LogP contribution < -0.4 is 11.2 Å². The highest BCUT2D eigenvalue weighted by molar-refractivity contribution is 9.10. The van der Waals surface area contributed by atoms with Crippen molar-refractivity contribution < 1.29 is 4.79 Å². The zero-order valence-electron chi connectivity index (χ0n) is 16.2. The molecule has 0 amide bonds. The molecular formula is C23H16BrClN2O3S. The Labute approximate surface area is 194 Å². The van der Waals surface area contributed by atoms with E-state index in [4.69, 9.17) is 11.6 Å². The number of ketones is 1. The summed E-state index contributed by atoms with van der Waals surface area (Å²) in [5.41, 5.74) is 1.09. The molecular weight excluding hydrogens is 500 g/mol. The lowest BCUT2D eigenvalue weighted by molar-refractivity contribution is 0.0971. The number of aromatic nitrogens is 2. The standard InChI is InChI=1S/C23H16BrClN2O3S/c24-14-6-4-13(5-7-14)18(28)12-26-22-20(17-2-1-3-19(17)31-22)21(29)27(23(26)30)16-10-8-15(25)9-11-16/h4-11H,1-3,12H2. The van der Waals surface area contributed by atoms with Crippen molar-refractivity contribution in [3.05, 3.63) is 94.9 Å². The van der Waals surface area contributed by atoms with E-state index < -0.39 is 5.69 Å². The third-order valence-electron chi connectivity index (χ3n) is 5.54. The maximum absolute atomic E-state index is 13.5. The third-order valence-corrected chi connectivity index (χ3v) is 7.64. The van der Waals surface area contributed by atoms with E-state index >= 15 is 0 Å². The number of aryl methyl sites for hydroxylation is 2. The van der Waals surface area contributed by atoms with Crippen molar-refractivity contribution >= 4 is 54.9 Å². The summed E-state index contributed by atoms with van der Waals surface area (Å²) in [7, 11) is 0. The summed E-state index contributed by atoms with van der Waals surface area (Å²) in [6.45, 7) is -0.135. The molecule has 5 rings (SSSR count). The Balaban J connectivity index is 1.74. The van der Waals surface area contributed by atoms with E-state index in [1.165, 1.54) is 15.9 Å². The van der Waals surface area contributed by atoms with E-state index in [-0.39, 0.29) is 17.9 Å². The van der Waals surface area contributed by atoms with Crippen molar-refractivity contribution in [1.29, 1.82) is 0 Å². The molecule has 4 aromatic rings. The predicted molar refractivity (Wildman–Crippen MR) is 127 cm³/mol. The predicted octanol–water partition coefficient (Wildman–Crippen LogP) is 5.00. The van der Waals surface area contributed by atoms with Crippen LogP contribution in [0.5, 0.6) is 0 Å². The van der Waals surface area contributed by atoms with Crippen molar-refractivity contribution in [3.8, 4) is 5.69 Å². The van der Waals surface area contributed by atoms with Gasteiger partial charge in [-0.15, -0.1) is 11.3 Å². The Morgan fingerprint density at radius 1 is 1.03 bits per heavy atom. The zero-order chi connectivity index (χ0) is 21.7. The van der Waals surface area contributed by atoms with Crippen LogP contribution in [0.15, 0.2) is 62.6 Å². The van der Waals surface area contributed by atoms with Gasteiger partial charge in [0.2, 0.25) is 0 Å². The number of carbonyl (C=O) groups excluding carboxylic acids is 1. The fourth-order valence-electron chi connectivity index (χ4n) is 4.03. The lowest BCUT2D eigenvalue weighted by Gasteiger charge is -2.12. The summed E-state index contributed by atoms with van der Waals surface area (Å²) < 4.78 is 3.46. The highest BCUT2D eigenvalue weighted by atomic mass is 79.9. The van der Waals surface area contributed by atoms with Crippen LogP contribution in [-0.4, -0.2) is 14.9 Å². The fourth-order valence-corrected chi connectivity index (χ4v) is 5.80. The number of hydrogen-bond donors (Lipinski definition) is 0. The number of Topliss-reactive ketones (excluding diaryl/α,β-unsaturated/α-hetero) is 1. The van der Waals surface area contributed by atoms with Gasteiger partial charge in [-0.2, -0.15) is 0 Å². The molecule has 156 valence electrons. The molecule has 0 unspecified atom stereocenters. The van der Waals surface area contributed by atoms with E-state index in [2.05, 4.69) is 15.9 Å². The van der Waals surface area contributed by atoms with Crippen LogP contribution in [0.25, 0.3) is 15.9 Å². The molecule has 0 saturated heterocycles. The van der Waals surface area contributed by atoms with Gasteiger partial charge in [-0.3, -0.25) is 14.2 Å².